The van der Waals surface area contributed by atoms with Gasteiger partial charge >= 0.3 is 0 Å². The number of carbonyl (C=O) groups is 1. The number of nitrogens with one attached hydrogen (secondary N) is 1. The van der Waals surface area contributed by atoms with E-state index in [9.17, 15) is 9.90 Å². The highest BCUT2D eigenvalue weighted by molar-refractivity contribution is 7.13. The maximum Gasteiger partial charge on any atom is 0.226 e. The maximum atomic E-state index is 12.3. The van der Waals surface area contributed by atoms with Crippen molar-refractivity contribution in [1.82, 2.24) is 10.3 Å². The molecule has 0 fully saturated rings. The molecule has 0 aliphatic rings. The number of amides is 1. The fourth-order valence-corrected chi connectivity index (χ4v) is 3.62. The summed E-state index contributed by atoms with van der Waals surface area (Å²) in [5.41, 5.74) is 2.43. The number of benzene rings is 2. The van der Waals surface area contributed by atoms with Crippen LogP contribution in [-0.4, -0.2) is 16.0 Å². The van der Waals surface area contributed by atoms with Crippen LogP contribution in [-0.2, 0) is 11.2 Å². The molecule has 128 valence electrons. The third-order valence-electron chi connectivity index (χ3n) is 3.75. The zero-order chi connectivity index (χ0) is 17.8. The van der Waals surface area contributed by atoms with E-state index in [1.807, 2.05) is 42.6 Å². The van der Waals surface area contributed by atoms with Crippen LogP contribution in [0.2, 0.25) is 5.02 Å². The molecule has 6 heteroatoms. The first-order valence-corrected chi connectivity index (χ1v) is 9.06. The molecule has 2 aromatic carbocycles. The molecule has 0 radical (unpaired) electrons. The molecule has 0 spiro atoms. The van der Waals surface area contributed by atoms with Gasteiger partial charge in [0.05, 0.1) is 23.2 Å². The summed E-state index contributed by atoms with van der Waals surface area (Å²) in [7, 11) is 0. The van der Waals surface area contributed by atoms with E-state index in [-0.39, 0.29) is 24.1 Å². The van der Waals surface area contributed by atoms with E-state index >= 15 is 0 Å². The van der Waals surface area contributed by atoms with Gasteiger partial charge in [0.15, 0.2) is 0 Å². The summed E-state index contributed by atoms with van der Waals surface area (Å²) in [6.45, 7) is 1.88. The molecular weight excluding hydrogens is 356 g/mol. The van der Waals surface area contributed by atoms with Gasteiger partial charge < -0.3 is 10.4 Å². The average molecular weight is 373 g/mol. The standard InChI is InChI=1S/C19H17ClN2O2S/c1-12(13-5-4-6-15(23)9-13)21-18(24)10-14-11-25-19(22-14)16-7-2-3-8-17(16)20/h2-9,11-12,23H,10H2,1H3,(H,21,24). The number of hydrogen-bond donors (Lipinski definition) is 2. The normalized spacial score (nSPS) is 11.9. The zero-order valence-corrected chi connectivity index (χ0v) is 15.1. The van der Waals surface area contributed by atoms with E-state index in [1.165, 1.54) is 11.3 Å². The summed E-state index contributed by atoms with van der Waals surface area (Å²) >= 11 is 7.66. The zero-order valence-electron chi connectivity index (χ0n) is 13.6. The Bertz CT molecular complexity index is 894. The predicted molar refractivity (Wildman–Crippen MR) is 101 cm³/mol. The van der Waals surface area contributed by atoms with E-state index in [4.69, 9.17) is 11.6 Å². The number of phenols is 1. The number of halogens is 1. The quantitative estimate of drug-likeness (QED) is 0.688. The number of hydrogen-bond acceptors (Lipinski definition) is 4. The third kappa shape index (κ3) is 4.38. The highest BCUT2D eigenvalue weighted by Crippen LogP contribution is 2.30. The van der Waals surface area contributed by atoms with Crippen molar-refractivity contribution in [2.75, 3.05) is 0 Å². The van der Waals surface area contributed by atoms with Crippen LogP contribution >= 0.6 is 22.9 Å². The van der Waals surface area contributed by atoms with Gasteiger partial charge in [-0.25, -0.2) is 4.98 Å². The molecule has 1 aromatic heterocycles. The molecule has 1 unspecified atom stereocenters. The smallest absolute Gasteiger partial charge is 0.226 e. The molecule has 3 rings (SSSR count). The van der Waals surface area contributed by atoms with Gasteiger partial charge in [0.2, 0.25) is 5.91 Å². The molecule has 4 nitrogen and oxygen atoms in total. The Balaban J connectivity index is 1.65. The fraction of sp³-hybridized carbons (Fsp3) is 0.158. The summed E-state index contributed by atoms with van der Waals surface area (Å²) in [4.78, 5) is 16.8. The van der Waals surface area contributed by atoms with E-state index < -0.39 is 0 Å². The van der Waals surface area contributed by atoms with Crippen LogP contribution in [0, 0.1) is 0 Å². The number of thiazole rings is 1. The highest BCUT2D eigenvalue weighted by Gasteiger charge is 2.14. The van der Waals surface area contributed by atoms with Crippen molar-refractivity contribution in [2.45, 2.75) is 19.4 Å². The van der Waals surface area contributed by atoms with Crippen molar-refractivity contribution in [3.63, 3.8) is 0 Å². The van der Waals surface area contributed by atoms with Gasteiger partial charge in [-0.2, -0.15) is 0 Å². The summed E-state index contributed by atoms with van der Waals surface area (Å²) in [6, 6.07) is 14.2. The highest BCUT2D eigenvalue weighted by atomic mass is 35.5. The number of aromatic nitrogens is 1. The van der Waals surface area contributed by atoms with Gasteiger partial charge in [-0.3, -0.25) is 4.79 Å². The lowest BCUT2D eigenvalue weighted by molar-refractivity contribution is -0.121. The van der Waals surface area contributed by atoms with Crippen molar-refractivity contribution in [2.24, 2.45) is 0 Å². The van der Waals surface area contributed by atoms with E-state index in [2.05, 4.69) is 10.3 Å². The average Bonchev–Trinajstić information content (AvgIpc) is 3.03. The summed E-state index contributed by atoms with van der Waals surface area (Å²) < 4.78 is 0. The molecule has 1 amide bonds. The van der Waals surface area contributed by atoms with Gasteiger partial charge in [-0.1, -0.05) is 41.9 Å². The van der Waals surface area contributed by atoms with Crippen LogP contribution in [0.3, 0.4) is 0 Å². The molecule has 0 saturated heterocycles. The Hall–Kier alpha value is -2.37. The molecular formula is C19H17ClN2O2S. The fourth-order valence-electron chi connectivity index (χ4n) is 2.48. The van der Waals surface area contributed by atoms with Crippen molar-refractivity contribution in [1.29, 1.82) is 0 Å². The Morgan fingerprint density at radius 2 is 2.08 bits per heavy atom. The Morgan fingerprint density at radius 3 is 2.84 bits per heavy atom. The maximum absolute atomic E-state index is 12.3. The van der Waals surface area contributed by atoms with Crippen LogP contribution < -0.4 is 5.32 Å². The molecule has 0 saturated carbocycles. The van der Waals surface area contributed by atoms with Crippen molar-refractivity contribution in [3.8, 4) is 16.3 Å². The summed E-state index contributed by atoms with van der Waals surface area (Å²) in [5, 5.41) is 15.8. The number of phenolic OH excluding ortho intramolecular Hbond substituents is 1. The van der Waals surface area contributed by atoms with E-state index in [0.29, 0.717) is 10.7 Å². The van der Waals surface area contributed by atoms with Gasteiger partial charge in [-0.05, 0) is 30.7 Å². The van der Waals surface area contributed by atoms with Crippen molar-refractivity contribution >= 4 is 28.8 Å². The predicted octanol–water partition coefficient (Wildman–Crippen LogP) is 4.59. The van der Waals surface area contributed by atoms with Crippen LogP contribution in [0.25, 0.3) is 10.6 Å². The molecule has 1 atom stereocenters. The number of nitrogens with zero attached hydrogens (tertiary/aromatic N) is 1. The minimum absolute atomic E-state index is 0.119. The van der Waals surface area contributed by atoms with Crippen LogP contribution in [0.4, 0.5) is 0 Å². The van der Waals surface area contributed by atoms with Crippen LogP contribution in [0.5, 0.6) is 5.75 Å². The second-order valence-corrected chi connectivity index (χ2v) is 6.95. The molecule has 2 N–H and O–H groups in total. The van der Waals surface area contributed by atoms with Gasteiger partial charge in [0.1, 0.15) is 10.8 Å². The second-order valence-electron chi connectivity index (χ2n) is 5.68. The van der Waals surface area contributed by atoms with E-state index in [1.54, 1.807) is 18.2 Å². The first kappa shape index (κ1) is 17.5. The summed E-state index contributed by atoms with van der Waals surface area (Å²) in [6.07, 6.45) is 0.199. The largest absolute Gasteiger partial charge is 0.508 e. The molecule has 0 aliphatic heterocycles. The van der Waals surface area contributed by atoms with E-state index in [0.717, 1.165) is 16.1 Å². The van der Waals surface area contributed by atoms with Crippen LogP contribution in [0.15, 0.2) is 53.9 Å². The lowest BCUT2D eigenvalue weighted by atomic mass is 10.1. The number of rotatable bonds is 5. The second kappa shape index (κ2) is 7.68. The van der Waals surface area contributed by atoms with Gasteiger partial charge in [-0.15, -0.1) is 11.3 Å². The molecule has 0 bridgehead atoms. The molecule has 0 aliphatic carbocycles. The summed E-state index contributed by atoms with van der Waals surface area (Å²) in [5.74, 6) is 0.0642. The molecule has 1 heterocycles. The molecule has 3 aromatic rings. The van der Waals surface area contributed by atoms with Crippen LogP contribution in [0.1, 0.15) is 24.2 Å². The monoisotopic (exact) mass is 372 g/mol. The number of aromatic hydroxyl groups is 1. The molecule has 25 heavy (non-hydrogen) atoms. The SMILES string of the molecule is CC(NC(=O)Cc1csc(-c2ccccc2Cl)n1)c1cccc(O)c1. The minimum atomic E-state index is -0.193. The first-order valence-electron chi connectivity index (χ1n) is 7.80. The van der Waals surface area contributed by atoms with Crippen molar-refractivity contribution < 1.29 is 9.90 Å². The third-order valence-corrected chi connectivity index (χ3v) is 5.00. The van der Waals surface area contributed by atoms with Gasteiger partial charge in [0, 0.05) is 10.9 Å². The first-order chi connectivity index (χ1) is 12.0. The van der Waals surface area contributed by atoms with Crippen molar-refractivity contribution in [3.05, 3.63) is 70.2 Å². The Kier molecular flexibility index (Phi) is 5.36. The minimum Gasteiger partial charge on any atom is -0.508 e. The van der Waals surface area contributed by atoms with Gasteiger partial charge in [0.25, 0.3) is 0 Å². The lowest BCUT2D eigenvalue weighted by Crippen LogP contribution is -2.28. The Morgan fingerprint density at radius 1 is 1.28 bits per heavy atom. The lowest BCUT2D eigenvalue weighted by Gasteiger charge is -2.14. The number of carbonyl (C=O) groups excluding carboxylic acids is 1. The topological polar surface area (TPSA) is 62.2 Å². The Labute approximate surface area is 155 Å².